The Hall–Kier alpha value is -2.56. The smallest absolute Gasteiger partial charge is 0.134 e. The van der Waals surface area contributed by atoms with Crippen molar-refractivity contribution in [2.24, 2.45) is 0 Å². The molecular weight excluding hydrogens is 238 g/mol. The van der Waals surface area contributed by atoms with Gasteiger partial charge in [0, 0.05) is 18.7 Å². The van der Waals surface area contributed by atoms with Gasteiger partial charge in [-0.1, -0.05) is 0 Å². The van der Waals surface area contributed by atoms with E-state index in [1.54, 1.807) is 18.6 Å². The lowest BCUT2D eigenvalue weighted by Gasteiger charge is -2.06. The molecule has 0 radical (unpaired) electrons. The summed E-state index contributed by atoms with van der Waals surface area (Å²) in [4.78, 5) is 17.0. The molecule has 96 valence electrons. The number of aromatic nitrogens is 4. The third kappa shape index (κ3) is 2.49. The number of anilines is 2. The summed E-state index contributed by atoms with van der Waals surface area (Å²) in [5, 5.41) is 4.28. The summed E-state index contributed by atoms with van der Waals surface area (Å²) in [6.45, 7) is 3.83. The molecule has 0 saturated heterocycles. The molecule has 0 unspecified atom stereocenters. The standard InChI is InChI=1S/C14H13N5.H2/c1-9-5-11-6-12(7-17-13(11)8-16-9)19-14-3-4-15-10(2)18-14;/h3-8H,1-2H3,(H,15,18,19);1H. The van der Waals surface area contributed by atoms with Gasteiger partial charge in [-0.15, -0.1) is 0 Å². The van der Waals surface area contributed by atoms with Crippen LogP contribution in [0.3, 0.4) is 0 Å². The zero-order valence-electron chi connectivity index (χ0n) is 10.8. The van der Waals surface area contributed by atoms with Gasteiger partial charge in [-0.2, -0.15) is 0 Å². The average Bonchev–Trinajstić information content (AvgIpc) is 2.38. The van der Waals surface area contributed by atoms with Crippen LogP contribution in [0.5, 0.6) is 0 Å². The minimum atomic E-state index is 0. The lowest BCUT2D eigenvalue weighted by atomic mass is 10.2. The van der Waals surface area contributed by atoms with E-state index in [0.717, 1.165) is 33.9 Å². The molecular formula is C14H15N5. The van der Waals surface area contributed by atoms with E-state index < -0.39 is 0 Å². The van der Waals surface area contributed by atoms with E-state index in [4.69, 9.17) is 0 Å². The van der Waals surface area contributed by atoms with Crippen LogP contribution in [-0.2, 0) is 0 Å². The summed E-state index contributed by atoms with van der Waals surface area (Å²) in [5.41, 5.74) is 2.76. The van der Waals surface area contributed by atoms with Gasteiger partial charge in [-0.25, -0.2) is 9.97 Å². The van der Waals surface area contributed by atoms with Gasteiger partial charge in [0.25, 0.3) is 0 Å². The minimum absolute atomic E-state index is 0. The highest BCUT2D eigenvalue weighted by Crippen LogP contribution is 2.19. The van der Waals surface area contributed by atoms with E-state index in [-0.39, 0.29) is 1.43 Å². The van der Waals surface area contributed by atoms with Gasteiger partial charge < -0.3 is 5.32 Å². The van der Waals surface area contributed by atoms with E-state index in [9.17, 15) is 0 Å². The second kappa shape index (κ2) is 4.61. The quantitative estimate of drug-likeness (QED) is 0.760. The molecule has 19 heavy (non-hydrogen) atoms. The topological polar surface area (TPSA) is 63.6 Å². The van der Waals surface area contributed by atoms with Gasteiger partial charge >= 0.3 is 0 Å². The monoisotopic (exact) mass is 253 g/mol. The number of fused-ring (bicyclic) bond motifs is 1. The van der Waals surface area contributed by atoms with Gasteiger partial charge in [0.15, 0.2) is 0 Å². The first kappa shape index (κ1) is 11.5. The van der Waals surface area contributed by atoms with E-state index >= 15 is 0 Å². The molecule has 0 aromatic carbocycles. The third-order valence-corrected chi connectivity index (χ3v) is 2.75. The normalized spacial score (nSPS) is 10.6. The maximum atomic E-state index is 4.37. The van der Waals surface area contributed by atoms with Crippen LogP contribution in [0.2, 0.25) is 0 Å². The predicted octanol–water partition coefficient (Wildman–Crippen LogP) is 3.03. The second-order valence-corrected chi connectivity index (χ2v) is 4.36. The van der Waals surface area contributed by atoms with Crippen molar-refractivity contribution in [3.63, 3.8) is 0 Å². The summed E-state index contributed by atoms with van der Waals surface area (Å²) < 4.78 is 0. The van der Waals surface area contributed by atoms with Gasteiger partial charge in [0.05, 0.1) is 23.6 Å². The molecule has 0 aliphatic rings. The number of rotatable bonds is 2. The summed E-state index contributed by atoms with van der Waals surface area (Å²) in [7, 11) is 0. The maximum absolute atomic E-state index is 4.37. The highest BCUT2D eigenvalue weighted by molar-refractivity contribution is 5.81. The van der Waals surface area contributed by atoms with Crippen LogP contribution in [0.15, 0.2) is 36.8 Å². The summed E-state index contributed by atoms with van der Waals surface area (Å²) >= 11 is 0. The maximum Gasteiger partial charge on any atom is 0.134 e. The van der Waals surface area contributed by atoms with Crippen LogP contribution >= 0.6 is 0 Å². The first-order valence-electron chi connectivity index (χ1n) is 6.00. The molecule has 0 fully saturated rings. The molecule has 3 heterocycles. The Morgan fingerprint density at radius 2 is 1.95 bits per heavy atom. The third-order valence-electron chi connectivity index (χ3n) is 2.75. The molecule has 0 aliphatic heterocycles. The number of nitrogens with zero attached hydrogens (tertiary/aromatic N) is 4. The molecule has 0 amide bonds. The predicted molar refractivity (Wildman–Crippen MR) is 76.4 cm³/mol. The zero-order valence-corrected chi connectivity index (χ0v) is 10.8. The van der Waals surface area contributed by atoms with Crippen molar-refractivity contribution in [2.45, 2.75) is 13.8 Å². The molecule has 1 N–H and O–H groups in total. The fourth-order valence-electron chi connectivity index (χ4n) is 1.88. The molecule has 0 bridgehead atoms. The van der Waals surface area contributed by atoms with Crippen molar-refractivity contribution >= 4 is 22.4 Å². The lowest BCUT2D eigenvalue weighted by Crippen LogP contribution is -1.97. The van der Waals surface area contributed by atoms with Gasteiger partial charge in [-0.3, -0.25) is 9.97 Å². The fraction of sp³-hybridized carbons (Fsp3) is 0.143. The van der Waals surface area contributed by atoms with Crippen LogP contribution in [0, 0.1) is 13.8 Å². The van der Waals surface area contributed by atoms with Crippen LogP contribution in [0.25, 0.3) is 10.9 Å². The molecule has 0 spiro atoms. The molecule has 0 aliphatic carbocycles. The molecule has 0 atom stereocenters. The van der Waals surface area contributed by atoms with Crippen molar-refractivity contribution in [2.75, 3.05) is 5.32 Å². The van der Waals surface area contributed by atoms with Crippen molar-refractivity contribution < 1.29 is 1.43 Å². The molecule has 5 nitrogen and oxygen atoms in total. The minimum Gasteiger partial charge on any atom is -0.339 e. The molecule has 3 rings (SSSR count). The number of aryl methyl sites for hydroxylation is 2. The first-order valence-corrected chi connectivity index (χ1v) is 6.00. The van der Waals surface area contributed by atoms with E-state index in [1.165, 1.54) is 0 Å². The number of hydrogen-bond acceptors (Lipinski definition) is 5. The van der Waals surface area contributed by atoms with E-state index in [2.05, 4.69) is 25.3 Å². The summed E-state index contributed by atoms with van der Waals surface area (Å²) in [6.07, 6.45) is 5.29. The van der Waals surface area contributed by atoms with Crippen LogP contribution in [0.4, 0.5) is 11.5 Å². The van der Waals surface area contributed by atoms with Crippen LogP contribution in [-0.4, -0.2) is 19.9 Å². The van der Waals surface area contributed by atoms with Crippen molar-refractivity contribution in [1.29, 1.82) is 0 Å². The highest BCUT2D eigenvalue weighted by Gasteiger charge is 2.01. The van der Waals surface area contributed by atoms with Crippen molar-refractivity contribution in [3.05, 3.63) is 48.3 Å². The largest absolute Gasteiger partial charge is 0.339 e. The number of nitrogens with one attached hydrogen (secondary N) is 1. The lowest BCUT2D eigenvalue weighted by molar-refractivity contribution is 1.06. The van der Waals surface area contributed by atoms with Gasteiger partial charge in [0.1, 0.15) is 11.6 Å². The molecule has 0 saturated carbocycles. The Morgan fingerprint density at radius 1 is 1.05 bits per heavy atom. The van der Waals surface area contributed by atoms with Crippen LogP contribution < -0.4 is 5.32 Å². The molecule has 5 heteroatoms. The number of pyridine rings is 2. The first-order chi connectivity index (χ1) is 9.20. The summed E-state index contributed by atoms with van der Waals surface area (Å²) in [5.74, 6) is 1.50. The van der Waals surface area contributed by atoms with Crippen LogP contribution in [0.1, 0.15) is 12.9 Å². The zero-order chi connectivity index (χ0) is 13.2. The fourth-order valence-corrected chi connectivity index (χ4v) is 1.88. The Balaban J connectivity index is 0.00000147. The van der Waals surface area contributed by atoms with E-state index in [0.29, 0.717) is 0 Å². The van der Waals surface area contributed by atoms with E-state index in [1.807, 2.05) is 32.0 Å². The highest BCUT2D eigenvalue weighted by atomic mass is 15.0. The van der Waals surface area contributed by atoms with Crippen molar-refractivity contribution in [3.8, 4) is 0 Å². The van der Waals surface area contributed by atoms with Gasteiger partial charge in [0.2, 0.25) is 0 Å². The SMILES string of the molecule is Cc1cc2cc(Nc3ccnc(C)n3)cnc2cn1.[HH]. The van der Waals surface area contributed by atoms with Crippen molar-refractivity contribution in [1.82, 2.24) is 19.9 Å². The Labute approximate surface area is 112 Å². The van der Waals surface area contributed by atoms with Gasteiger partial charge in [-0.05, 0) is 32.0 Å². The molecule has 3 aromatic rings. The Morgan fingerprint density at radius 3 is 2.79 bits per heavy atom. The Bertz CT molecular complexity index is 744. The Kier molecular flexibility index (Phi) is 2.79. The second-order valence-electron chi connectivity index (χ2n) is 4.36. The average molecular weight is 253 g/mol. The molecule has 3 aromatic heterocycles. The summed E-state index contributed by atoms with van der Waals surface area (Å²) in [6, 6.07) is 5.88. The number of hydrogen-bond donors (Lipinski definition) is 1.